The predicted octanol–water partition coefficient (Wildman–Crippen LogP) is 11.4. The zero-order valence-corrected chi connectivity index (χ0v) is 36.3. The highest BCUT2D eigenvalue weighted by Gasteiger charge is 2.18. The Labute approximate surface area is 348 Å². The molecule has 6 nitrogen and oxygen atoms in total. The van der Waals surface area contributed by atoms with Gasteiger partial charge in [0.15, 0.2) is 0 Å². The van der Waals surface area contributed by atoms with Crippen molar-refractivity contribution >= 4 is 0 Å². The largest absolute Gasteiger partial charge is 0.497 e. The van der Waals surface area contributed by atoms with Crippen molar-refractivity contribution in [3.05, 3.63) is 175 Å². The van der Waals surface area contributed by atoms with Crippen LogP contribution in [0.2, 0.25) is 0 Å². The molecule has 0 amide bonds. The molecule has 0 N–H and O–H groups in total. The van der Waals surface area contributed by atoms with Crippen LogP contribution < -0.4 is 9.47 Å². The van der Waals surface area contributed by atoms with Gasteiger partial charge in [-0.15, -0.1) is 0 Å². The van der Waals surface area contributed by atoms with E-state index in [1.54, 1.807) is 28.4 Å². The van der Waals surface area contributed by atoms with Crippen molar-refractivity contribution in [2.24, 2.45) is 0 Å². The summed E-state index contributed by atoms with van der Waals surface area (Å²) < 4.78 is 22.7. The van der Waals surface area contributed by atoms with Crippen LogP contribution in [0.25, 0.3) is 0 Å². The van der Waals surface area contributed by atoms with E-state index in [0.717, 1.165) is 112 Å². The standard InChI is InChI=1S/C52H64N2O4/c1-37-9-13-45(27-49(37)55-5)33-53(34-46-14-10-38(2)50(28-46)56-6)31-43-23-19-41(20-24-43)17-18-42-21-25-44(26-22-42)32-54(35-47-15-11-39(3)51(29-47)57-7)36-48-16-12-40(4)52(30-48)58-8/h9,11,13,15,19-30H,10,12,14,16-18,31-36H2,1-8H3. The molecule has 4 aromatic rings. The van der Waals surface area contributed by atoms with E-state index in [4.69, 9.17) is 18.9 Å². The van der Waals surface area contributed by atoms with Crippen LogP contribution in [0.15, 0.2) is 131 Å². The molecule has 0 saturated heterocycles. The van der Waals surface area contributed by atoms with E-state index < -0.39 is 0 Å². The molecule has 0 unspecified atom stereocenters. The van der Waals surface area contributed by atoms with Crippen LogP contribution in [-0.4, -0.2) is 51.3 Å². The average Bonchev–Trinajstić information content (AvgIpc) is 3.23. The number of rotatable bonds is 19. The van der Waals surface area contributed by atoms with Crippen LogP contribution in [0.3, 0.4) is 0 Å². The normalized spacial score (nSPS) is 14.5. The maximum Gasteiger partial charge on any atom is 0.122 e. The molecule has 0 radical (unpaired) electrons. The minimum Gasteiger partial charge on any atom is -0.497 e. The molecule has 2 aliphatic rings. The molecule has 0 bridgehead atoms. The number of methoxy groups -OCH3 is 4. The third kappa shape index (κ3) is 11.8. The second kappa shape index (κ2) is 20.6. The predicted molar refractivity (Wildman–Crippen MR) is 238 cm³/mol. The Morgan fingerprint density at radius 3 is 1.10 bits per heavy atom. The van der Waals surface area contributed by atoms with Gasteiger partial charge in [-0.25, -0.2) is 0 Å². The van der Waals surface area contributed by atoms with Gasteiger partial charge in [-0.3, -0.25) is 9.80 Å². The summed E-state index contributed by atoms with van der Waals surface area (Å²) in [4.78, 5) is 5.08. The van der Waals surface area contributed by atoms with Crippen molar-refractivity contribution in [3.63, 3.8) is 0 Å². The Hall–Kier alpha value is -5.04. The molecule has 6 heteroatoms. The van der Waals surface area contributed by atoms with Crippen molar-refractivity contribution in [2.45, 2.75) is 92.4 Å². The van der Waals surface area contributed by atoms with E-state index in [1.165, 1.54) is 55.7 Å². The second-order valence-corrected chi connectivity index (χ2v) is 16.3. The van der Waals surface area contributed by atoms with E-state index in [2.05, 4.69) is 135 Å². The first-order chi connectivity index (χ1) is 28.1. The first-order valence-electron chi connectivity index (χ1n) is 20.9. The maximum atomic E-state index is 5.70. The Balaban J connectivity index is 1.09. The minimum absolute atomic E-state index is 0.846. The zero-order chi connectivity index (χ0) is 41.0. The highest BCUT2D eigenvalue weighted by Crippen LogP contribution is 2.29. The molecule has 0 aromatic heterocycles. The first kappa shape index (κ1) is 42.6. The van der Waals surface area contributed by atoms with Crippen LogP contribution in [0.5, 0.6) is 11.5 Å². The topological polar surface area (TPSA) is 43.4 Å². The fourth-order valence-electron chi connectivity index (χ4n) is 8.20. The molecule has 0 saturated carbocycles. The number of allylic oxidation sites excluding steroid dienone is 4. The lowest BCUT2D eigenvalue weighted by Crippen LogP contribution is -2.26. The van der Waals surface area contributed by atoms with E-state index >= 15 is 0 Å². The van der Waals surface area contributed by atoms with Crippen LogP contribution >= 0.6 is 0 Å². The minimum atomic E-state index is 0.846. The Morgan fingerprint density at radius 2 is 0.741 bits per heavy atom. The monoisotopic (exact) mass is 780 g/mol. The van der Waals surface area contributed by atoms with Gasteiger partial charge < -0.3 is 18.9 Å². The molecule has 0 aliphatic heterocycles. The number of ether oxygens (including phenoxy) is 4. The smallest absolute Gasteiger partial charge is 0.122 e. The lowest BCUT2D eigenvalue weighted by Gasteiger charge is -2.26. The van der Waals surface area contributed by atoms with Crippen molar-refractivity contribution in [1.29, 1.82) is 0 Å². The van der Waals surface area contributed by atoms with E-state index in [0.29, 0.717) is 0 Å². The molecule has 2 aliphatic carbocycles. The molecular formula is C52H64N2O4. The maximum absolute atomic E-state index is 5.70. The SMILES string of the molecule is COC1=C(C)CCC(CN(Cc2ccc(CCc3ccc(CN(CC4=CC(OC)=C(C)CC4)Cc4ccc(C)c(OC)c4)cc3)cc2)Cc2ccc(C)c(OC)c2)=C1. The summed E-state index contributed by atoms with van der Waals surface area (Å²) in [5.41, 5.74) is 15.7. The quantitative estimate of drug-likeness (QED) is 0.0944. The van der Waals surface area contributed by atoms with Gasteiger partial charge in [0.2, 0.25) is 0 Å². The van der Waals surface area contributed by atoms with Crippen molar-refractivity contribution in [1.82, 2.24) is 9.80 Å². The van der Waals surface area contributed by atoms with E-state index in [9.17, 15) is 0 Å². The summed E-state index contributed by atoms with van der Waals surface area (Å²) in [6, 6.07) is 31.7. The molecule has 6 rings (SSSR count). The number of benzene rings is 4. The number of hydrogen-bond donors (Lipinski definition) is 0. The summed E-state index contributed by atoms with van der Waals surface area (Å²) in [6.45, 7) is 13.8. The summed E-state index contributed by atoms with van der Waals surface area (Å²) in [5, 5.41) is 0. The van der Waals surface area contributed by atoms with Crippen molar-refractivity contribution in [3.8, 4) is 11.5 Å². The summed E-state index contributed by atoms with van der Waals surface area (Å²) in [5.74, 6) is 3.91. The fourth-order valence-corrected chi connectivity index (χ4v) is 8.20. The third-order valence-electron chi connectivity index (χ3n) is 11.8. The van der Waals surface area contributed by atoms with E-state index in [1.807, 2.05) is 0 Å². The van der Waals surface area contributed by atoms with Crippen molar-refractivity contribution < 1.29 is 18.9 Å². The van der Waals surface area contributed by atoms with Crippen LogP contribution in [0.1, 0.15) is 84.0 Å². The number of hydrogen-bond acceptors (Lipinski definition) is 6. The van der Waals surface area contributed by atoms with Gasteiger partial charge in [0.05, 0.1) is 28.4 Å². The lowest BCUT2D eigenvalue weighted by atomic mass is 9.97. The Bertz CT molecular complexity index is 1970. The molecule has 4 aromatic carbocycles. The number of nitrogens with zero attached hydrogens (tertiary/aromatic N) is 2. The van der Waals surface area contributed by atoms with Crippen molar-refractivity contribution in [2.75, 3.05) is 41.5 Å². The number of aryl methyl sites for hydroxylation is 4. The van der Waals surface area contributed by atoms with Gasteiger partial charge in [0.1, 0.15) is 23.0 Å². The highest BCUT2D eigenvalue weighted by molar-refractivity contribution is 5.38. The summed E-state index contributed by atoms with van der Waals surface area (Å²) in [7, 11) is 7.06. The highest BCUT2D eigenvalue weighted by atomic mass is 16.5. The van der Waals surface area contributed by atoms with Gasteiger partial charge >= 0.3 is 0 Å². The van der Waals surface area contributed by atoms with Gasteiger partial charge in [0.25, 0.3) is 0 Å². The molecule has 0 spiro atoms. The van der Waals surface area contributed by atoms with Gasteiger partial charge in [0, 0.05) is 39.3 Å². The van der Waals surface area contributed by atoms with Gasteiger partial charge in [-0.1, -0.05) is 83.9 Å². The van der Waals surface area contributed by atoms with Gasteiger partial charge in [-0.2, -0.15) is 0 Å². The molecule has 0 fully saturated rings. The fraction of sp³-hybridized carbons (Fsp3) is 0.385. The second-order valence-electron chi connectivity index (χ2n) is 16.3. The zero-order valence-electron chi connectivity index (χ0n) is 36.3. The summed E-state index contributed by atoms with van der Waals surface area (Å²) in [6.07, 6.45) is 10.8. The molecule has 58 heavy (non-hydrogen) atoms. The molecular weight excluding hydrogens is 717 g/mol. The van der Waals surface area contributed by atoms with Crippen LogP contribution in [-0.2, 0) is 48.5 Å². The Morgan fingerprint density at radius 1 is 0.397 bits per heavy atom. The third-order valence-corrected chi connectivity index (χ3v) is 11.8. The summed E-state index contributed by atoms with van der Waals surface area (Å²) >= 11 is 0. The Kier molecular flexibility index (Phi) is 15.1. The van der Waals surface area contributed by atoms with Gasteiger partial charge in [-0.05, 0) is 146 Å². The lowest BCUT2D eigenvalue weighted by molar-refractivity contribution is 0.270. The van der Waals surface area contributed by atoms with Crippen LogP contribution in [0.4, 0.5) is 0 Å². The van der Waals surface area contributed by atoms with E-state index in [-0.39, 0.29) is 0 Å². The molecule has 0 atom stereocenters. The molecule has 0 heterocycles. The van der Waals surface area contributed by atoms with Crippen LogP contribution in [0, 0.1) is 13.8 Å². The first-order valence-corrected chi connectivity index (χ1v) is 20.9. The molecule has 306 valence electrons. The average molecular weight is 781 g/mol.